The van der Waals surface area contributed by atoms with Crippen molar-refractivity contribution in [1.29, 1.82) is 0 Å². The van der Waals surface area contributed by atoms with Crippen LogP contribution in [0.1, 0.15) is 13.8 Å². The first-order valence-electron chi connectivity index (χ1n) is 4.71. The van der Waals surface area contributed by atoms with Crippen LogP contribution in [0.4, 0.5) is 4.39 Å². The second-order valence-electron chi connectivity index (χ2n) is 3.60. The fourth-order valence-electron chi connectivity index (χ4n) is 1.06. The summed E-state index contributed by atoms with van der Waals surface area (Å²) in [5.74, 6) is 0.181. The van der Waals surface area contributed by atoms with Gasteiger partial charge in [0.05, 0.1) is 18.7 Å². The Balaban J connectivity index is 2.96. The third-order valence-electron chi connectivity index (χ3n) is 1.79. The van der Waals surface area contributed by atoms with Gasteiger partial charge in [-0.3, -0.25) is 0 Å². The maximum atomic E-state index is 13.6. The summed E-state index contributed by atoms with van der Waals surface area (Å²) in [6.07, 6.45) is 0. The van der Waals surface area contributed by atoms with Crippen LogP contribution in [0.25, 0.3) is 0 Å². The minimum Gasteiger partial charge on any atom is -0.493 e. The van der Waals surface area contributed by atoms with Crippen molar-refractivity contribution in [3.63, 3.8) is 0 Å². The van der Waals surface area contributed by atoms with Crippen molar-refractivity contribution in [3.8, 4) is 11.5 Å². The Kier molecular flexibility index (Phi) is 4.21. The molecule has 0 bridgehead atoms. The van der Waals surface area contributed by atoms with Crippen LogP contribution in [0.15, 0.2) is 12.1 Å². The molecular weight excluding hydrogens is 219 g/mol. The van der Waals surface area contributed by atoms with Crippen molar-refractivity contribution in [2.45, 2.75) is 13.8 Å². The summed E-state index contributed by atoms with van der Waals surface area (Å²) in [6.45, 7) is 4.39. The molecule has 84 valence electrons. The first-order valence-corrected chi connectivity index (χ1v) is 5.08. The molecule has 0 aliphatic carbocycles. The molecule has 0 aliphatic heterocycles. The van der Waals surface area contributed by atoms with E-state index in [1.807, 2.05) is 13.8 Å². The molecule has 0 amide bonds. The zero-order valence-corrected chi connectivity index (χ0v) is 9.77. The molecule has 15 heavy (non-hydrogen) atoms. The van der Waals surface area contributed by atoms with Crippen LogP contribution in [-0.2, 0) is 0 Å². The molecule has 0 radical (unpaired) electrons. The molecule has 0 saturated heterocycles. The van der Waals surface area contributed by atoms with E-state index < -0.39 is 5.82 Å². The monoisotopic (exact) mass is 232 g/mol. The number of rotatable bonds is 4. The lowest BCUT2D eigenvalue weighted by Gasteiger charge is -2.13. The molecule has 0 aliphatic rings. The minimum atomic E-state index is -0.573. The van der Waals surface area contributed by atoms with Gasteiger partial charge in [0.25, 0.3) is 0 Å². The van der Waals surface area contributed by atoms with Crippen LogP contribution in [0, 0.1) is 11.7 Å². The Labute approximate surface area is 94.0 Å². The minimum absolute atomic E-state index is 0.0366. The van der Waals surface area contributed by atoms with Crippen LogP contribution in [0.5, 0.6) is 11.5 Å². The average Bonchev–Trinajstić information content (AvgIpc) is 2.20. The van der Waals surface area contributed by atoms with E-state index in [-0.39, 0.29) is 10.8 Å². The number of halogens is 2. The van der Waals surface area contributed by atoms with Crippen molar-refractivity contribution in [2.24, 2.45) is 5.92 Å². The largest absolute Gasteiger partial charge is 0.493 e. The highest BCUT2D eigenvalue weighted by atomic mass is 35.5. The van der Waals surface area contributed by atoms with Crippen LogP contribution in [0.2, 0.25) is 5.02 Å². The molecule has 0 saturated carbocycles. The zero-order chi connectivity index (χ0) is 11.4. The molecule has 0 fully saturated rings. The highest BCUT2D eigenvalue weighted by molar-refractivity contribution is 6.30. The molecule has 0 aromatic heterocycles. The fourth-order valence-corrected chi connectivity index (χ4v) is 1.21. The van der Waals surface area contributed by atoms with E-state index in [1.54, 1.807) is 6.07 Å². The van der Waals surface area contributed by atoms with E-state index in [2.05, 4.69) is 0 Å². The summed E-state index contributed by atoms with van der Waals surface area (Å²) < 4.78 is 23.9. The molecule has 0 unspecified atom stereocenters. The first kappa shape index (κ1) is 12.1. The van der Waals surface area contributed by atoms with Gasteiger partial charge in [-0.2, -0.15) is 0 Å². The van der Waals surface area contributed by atoms with E-state index in [9.17, 15) is 4.39 Å². The lowest BCUT2D eigenvalue weighted by molar-refractivity contribution is 0.245. The predicted octanol–water partition coefficient (Wildman–Crippen LogP) is 3.52. The van der Waals surface area contributed by atoms with Crippen molar-refractivity contribution in [2.75, 3.05) is 13.7 Å². The molecule has 0 heterocycles. The van der Waals surface area contributed by atoms with E-state index >= 15 is 0 Å². The molecule has 1 aromatic rings. The Bertz CT molecular complexity index is 340. The Hall–Kier alpha value is -0.960. The first-order chi connectivity index (χ1) is 7.06. The van der Waals surface area contributed by atoms with Crippen LogP contribution in [0.3, 0.4) is 0 Å². The molecular formula is C11H14ClFO2. The summed E-state index contributed by atoms with van der Waals surface area (Å²) in [6, 6.07) is 3.03. The smallest absolute Gasteiger partial charge is 0.198 e. The molecule has 1 rings (SSSR count). The van der Waals surface area contributed by atoms with Crippen molar-refractivity contribution < 1.29 is 13.9 Å². The van der Waals surface area contributed by atoms with Gasteiger partial charge in [-0.25, -0.2) is 4.39 Å². The number of ether oxygens (including phenoxy) is 2. The summed E-state index contributed by atoms with van der Waals surface area (Å²) in [7, 11) is 1.46. The summed E-state index contributed by atoms with van der Waals surface area (Å²) in [4.78, 5) is 0. The molecule has 1 aromatic carbocycles. The van der Waals surface area contributed by atoms with Gasteiger partial charge in [0, 0.05) is 0 Å². The zero-order valence-electron chi connectivity index (χ0n) is 9.01. The van der Waals surface area contributed by atoms with E-state index in [4.69, 9.17) is 21.1 Å². The Morgan fingerprint density at radius 1 is 1.40 bits per heavy atom. The van der Waals surface area contributed by atoms with E-state index in [0.29, 0.717) is 18.3 Å². The summed E-state index contributed by atoms with van der Waals surface area (Å²) >= 11 is 5.65. The van der Waals surface area contributed by atoms with Gasteiger partial charge in [0.2, 0.25) is 0 Å². The molecule has 0 spiro atoms. The average molecular weight is 233 g/mol. The van der Waals surface area contributed by atoms with Crippen LogP contribution >= 0.6 is 11.6 Å². The maximum absolute atomic E-state index is 13.6. The lowest BCUT2D eigenvalue weighted by atomic mass is 10.2. The van der Waals surface area contributed by atoms with Gasteiger partial charge in [-0.05, 0) is 18.1 Å². The molecule has 0 atom stereocenters. The molecule has 4 heteroatoms. The molecule has 0 N–H and O–H groups in total. The van der Waals surface area contributed by atoms with Gasteiger partial charge >= 0.3 is 0 Å². The number of hydrogen-bond acceptors (Lipinski definition) is 2. The van der Waals surface area contributed by atoms with Crippen LogP contribution in [-0.4, -0.2) is 13.7 Å². The molecule has 2 nitrogen and oxygen atoms in total. The van der Waals surface area contributed by atoms with Gasteiger partial charge < -0.3 is 9.47 Å². The quantitative estimate of drug-likeness (QED) is 0.791. The number of methoxy groups -OCH3 is 1. The van der Waals surface area contributed by atoms with Crippen LogP contribution < -0.4 is 9.47 Å². The summed E-state index contributed by atoms with van der Waals surface area (Å²) in [5, 5.41) is 0.0366. The maximum Gasteiger partial charge on any atom is 0.198 e. The second kappa shape index (κ2) is 5.21. The highest BCUT2D eigenvalue weighted by Gasteiger charge is 2.14. The standard InChI is InChI=1S/C11H14ClFO2/c1-7(2)6-15-11-9(14-3)5-4-8(12)10(11)13/h4-5,7H,6H2,1-3H3. The number of benzene rings is 1. The third kappa shape index (κ3) is 2.99. The lowest BCUT2D eigenvalue weighted by Crippen LogP contribution is -2.07. The van der Waals surface area contributed by atoms with Crippen molar-refractivity contribution >= 4 is 11.6 Å². The predicted molar refractivity (Wildman–Crippen MR) is 58.3 cm³/mol. The SMILES string of the molecule is COc1ccc(Cl)c(F)c1OCC(C)C. The summed E-state index contributed by atoms with van der Waals surface area (Å²) in [5.41, 5.74) is 0. The normalized spacial score (nSPS) is 10.5. The second-order valence-corrected chi connectivity index (χ2v) is 4.00. The van der Waals surface area contributed by atoms with Crippen molar-refractivity contribution in [3.05, 3.63) is 23.0 Å². The van der Waals surface area contributed by atoms with Crippen molar-refractivity contribution in [1.82, 2.24) is 0 Å². The van der Waals surface area contributed by atoms with Gasteiger partial charge in [0.15, 0.2) is 17.3 Å². The third-order valence-corrected chi connectivity index (χ3v) is 2.09. The van der Waals surface area contributed by atoms with Gasteiger partial charge in [-0.15, -0.1) is 0 Å². The number of hydrogen-bond donors (Lipinski definition) is 0. The van der Waals surface area contributed by atoms with E-state index in [0.717, 1.165) is 0 Å². The topological polar surface area (TPSA) is 18.5 Å². The Morgan fingerprint density at radius 2 is 2.07 bits per heavy atom. The van der Waals surface area contributed by atoms with E-state index in [1.165, 1.54) is 13.2 Å². The fraction of sp³-hybridized carbons (Fsp3) is 0.455. The van der Waals surface area contributed by atoms with Gasteiger partial charge in [0.1, 0.15) is 0 Å². The highest BCUT2D eigenvalue weighted by Crippen LogP contribution is 2.34. The van der Waals surface area contributed by atoms with Gasteiger partial charge in [-0.1, -0.05) is 25.4 Å². The Morgan fingerprint density at radius 3 is 2.60 bits per heavy atom.